The van der Waals surface area contributed by atoms with Gasteiger partial charge in [-0.25, -0.2) is 0 Å². The molecule has 1 aromatic rings. The summed E-state index contributed by atoms with van der Waals surface area (Å²) in [5, 5.41) is 3.75. The van der Waals surface area contributed by atoms with Crippen molar-refractivity contribution < 1.29 is 0 Å². The molecule has 0 saturated heterocycles. The van der Waals surface area contributed by atoms with Gasteiger partial charge < -0.3 is 10.2 Å². The Morgan fingerprint density at radius 3 is 2.20 bits per heavy atom. The van der Waals surface area contributed by atoms with Crippen molar-refractivity contribution in [1.29, 1.82) is 0 Å². The van der Waals surface area contributed by atoms with Gasteiger partial charge in [-0.05, 0) is 49.9 Å². The Morgan fingerprint density at radius 1 is 1.00 bits per heavy atom. The minimum Gasteiger partial charge on any atom is -0.373 e. The number of anilines is 1. The molecule has 1 aliphatic rings. The van der Waals surface area contributed by atoms with Crippen LogP contribution in [0.5, 0.6) is 0 Å². The molecule has 1 aromatic carbocycles. The number of hydrogen-bond acceptors (Lipinski definition) is 2. The fraction of sp³-hybridized carbons (Fsp3) is 0.667. The van der Waals surface area contributed by atoms with Gasteiger partial charge >= 0.3 is 0 Å². The van der Waals surface area contributed by atoms with Crippen LogP contribution >= 0.6 is 0 Å². The summed E-state index contributed by atoms with van der Waals surface area (Å²) in [4.78, 5) is 2.36. The van der Waals surface area contributed by atoms with Gasteiger partial charge in [0.25, 0.3) is 0 Å². The second-order valence-electron chi connectivity index (χ2n) is 6.41. The molecule has 0 bridgehead atoms. The summed E-state index contributed by atoms with van der Waals surface area (Å²) in [7, 11) is 2.20. The maximum absolute atomic E-state index is 3.75. The molecular weight excluding hydrogens is 244 g/mol. The molecule has 1 aliphatic carbocycles. The highest BCUT2D eigenvalue weighted by Crippen LogP contribution is 2.18. The van der Waals surface area contributed by atoms with E-state index in [9.17, 15) is 0 Å². The highest BCUT2D eigenvalue weighted by Gasteiger charge is 2.11. The zero-order valence-corrected chi connectivity index (χ0v) is 13.4. The van der Waals surface area contributed by atoms with Crippen molar-refractivity contribution in [2.24, 2.45) is 0 Å². The van der Waals surface area contributed by atoms with Crippen LogP contribution < -0.4 is 10.2 Å². The van der Waals surface area contributed by atoms with Crippen molar-refractivity contribution >= 4 is 5.69 Å². The third-order valence-corrected chi connectivity index (χ3v) is 4.38. The fourth-order valence-electron chi connectivity index (χ4n) is 3.22. The first-order chi connectivity index (χ1) is 9.65. The second-order valence-corrected chi connectivity index (χ2v) is 6.41. The molecule has 2 nitrogen and oxygen atoms in total. The molecule has 0 heterocycles. The van der Waals surface area contributed by atoms with Crippen LogP contribution in [0.1, 0.15) is 49.7 Å². The van der Waals surface area contributed by atoms with Gasteiger partial charge in [0.2, 0.25) is 0 Å². The van der Waals surface area contributed by atoms with Gasteiger partial charge in [-0.3, -0.25) is 0 Å². The third-order valence-electron chi connectivity index (χ3n) is 4.38. The van der Waals surface area contributed by atoms with Crippen molar-refractivity contribution in [2.75, 3.05) is 25.0 Å². The summed E-state index contributed by atoms with van der Waals surface area (Å²) in [6, 6.07) is 7.54. The maximum Gasteiger partial charge on any atom is 0.0369 e. The normalized spacial score (nSPS) is 16.9. The van der Waals surface area contributed by atoms with Gasteiger partial charge in [0, 0.05) is 31.9 Å². The largest absolute Gasteiger partial charge is 0.373 e. The molecule has 0 atom stereocenters. The molecule has 0 radical (unpaired) electrons. The Balaban J connectivity index is 1.78. The molecule has 0 unspecified atom stereocenters. The highest BCUT2D eigenvalue weighted by atomic mass is 15.1. The fourth-order valence-corrected chi connectivity index (χ4v) is 3.22. The predicted octanol–water partition coefficient (Wildman–Crippen LogP) is 4.05. The molecule has 2 rings (SSSR count). The summed E-state index contributed by atoms with van der Waals surface area (Å²) in [5.41, 5.74) is 4.04. The van der Waals surface area contributed by atoms with Gasteiger partial charge in [0.15, 0.2) is 0 Å². The van der Waals surface area contributed by atoms with Gasteiger partial charge in [-0.1, -0.05) is 31.7 Å². The topological polar surface area (TPSA) is 15.3 Å². The van der Waals surface area contributed by atoms with Crippen molar-refractivity contribution in [3.8, 4) is 0 Å². The van der Waals surface area contributed by atoms with E-state index in [0.717, 1.165) is 19.1 Å². The minimum absolute atomic E-state index is 0.755. The monoisotopic (exact) mass is 274 g/mol. The zero-order valence-electron chi connectivity index (χ0n) is 13.4. The van der Waals surface area contributed by atoms with Crippen LogP contribution in [0.3, 0.4) is 0 Å². The van der Waals surface area contributed by atoms with E-state index < -0.39 is 0 Å². The lowest BCUT2D eigenvalue weighted by atomic mass is 10.1. The van der Waals surface area contributed by atoms with E-state index in [1.165, 1.54) is 55.3 Å². The number of nitrogens with one attached hydrogen (secondary N) is 1. The number of hydrogen-bond donors (Lipinski definition) is 1. The predicted molar refractivity (Wildman–Crippen MR) is 88.7 cm³/mol. The number of nitrogens with zero attached hydrogens (tertiary/aromatic N) is 1. The molecule has 0 aromatic heterocycles. The lowest BCUT2D eigenvalue weighted by Gasteiger charge is -2.23. The first kappa shape index (κ1) is 15.4. The first-order valence-electron chi connectivity index (χ1n) is 8.18. The average Bonchev–Trinajstić information content (AvgIpc) is 2.66. The van der Waals surface area contributed by atoms with Crippen LogP contribution in [0.4, 0.5) is 5.69 Å². The number of benzene rings is 1. The Hall–Kier alpha value is -1.02. The van der Waals surface area contributed by atoms with Crippen molar-refractivity contribution in [3.63, 3.8) is 0 Å². The van der Waals surface area contributed by atoms with Crippen molar-refractivity contribution in [2.45, 2.75) is 58.4 Å². The highest BCUT2D eigenvalue weighted by molar-refractivity contribution is 5.50. The third kappa shape index (κ3) is 4.82. The van der Waals surface area contributed by atoms with Crippen molar-refractivity contribution in [3.05, 3.63) is 29.3 Å². The summed E-state index contributed by atoms with van der Waals surface area (Å²) < 4.78 is 0. The van der Waals surface area contributed by atoms with Gasteiger partial charge in [-0.15, -0.1) is 0 Å². The number of rotatable bonds is 5. The summed E-state index contributed by atoms with van der Waals surface area (Å²) >= 11 is 0. The van der Waals surface area contributed by atoms with Crippen LogP contribution in [0, 0.1) is 13.8 Å². The van der Waals surface area contributed by atoms with Crippen LogP contribution in [0.15, 0.2) is 18.2 Å². The molecule has 1 N–H and O–H groups in total. The van der Waals surface area contributed by atoms with E-state index >= 15 is 0 Å². The van der Waals surface area contributed by atoms with Gasteiger partial charge in [0.05, 0.1) is 0 Å². The minimum atomic E-state index is 0.755. The molecule has 0 amide bonds. The quantitative estimate of drug-likeness (QED) is 0.815. The van der Waals surface area contributed by atoms with E-state index in [4.69, 9.17) is 0 Å². The lowest BCUT2D eigenvalue weighted by Crippen LogP contribution is -2.35. The molecule has 2 heteroatoms. The summed E-state index contributed by atoms with van der Waals surface area (Å²) in [6.07, 6.45) is 8.41. The second kappa shape index (κ2) is 7.68. The maximum atomic E-state index is 3.75. The Kier molecular flexibility index (Phi) is 5.90. The molecule has 1 saturated carbocycles. The van der Waals surface area contributed by atoms with E-state index in [1.807, 2.05) is 0 Å². The first-order valence-corrected chi connectivity index (χ1v) is 8.18. The van der Waals surface area contributed by atoms with E-state index in [1.54, 1.807) is 0 Å². The van der Waals surface area contributed by atoms with E-state index in [-0.39, 0.29) is 0 Å². The summed E-state index contributed by atoms with van der Waals surface area (Å²) in [5.74, 6) is 0. The van der Waals surface area contributed by atoms with Crippen LogP contribution in [-0.2, 0) is 0 Å². The van der Waals surface area contributed by atoms with Gasteiger partial charge in [-0.2, -0.15) is 0 Å². The lowest BCUT2D eigenvalue weighted by molar-refractivity contribution is 0.464. The van der Waals surface area contributed by atoms with Crippen LogP contribution in [0.25, 0.3) is 0 Å². The average molecular weight is 274 g/mol. The Morgan fingerprint density at radius 2 is 1.60 bits per heavy atom. The summed E-state index contributed by atoms with van der Waals surface area (Å²) in [6.45, 7) is 6.52. The molecule has 112 valence electrons. The van der Waals surface area contributed by atoms with Crippen LogP contribution in [0.2, 0.25) is 0 Å². The molecule has 1 fully saturated rings. The zero-order chi connectivity index (χ0) is 14.4. The SMILES string of the molecule is Cc1cc(C)cc(N(C)CCNC2CCCCCC2)c1. The molecule has 20 heavy (non-hydrogen) atoms. The van der Waals surface area contributed by atoms with Crippen LogP contribution in [-0.4, -0.2) is 26.2 Å². The standard InChI is InChI=1S/C18H30N2/c1-15-12-16(2)14-18(13-15)20(3)11-10-19-17-8-6-4-5-7-9-17/h12-14,17,19H,4-11H2,1-3H3. The number of aryl methyl sites for hydroxylation is 2. The number of likely N-dealkylation sites (N-methyl/N-ethyl adjacent to an activating group) is 1. The molecule has 0 aliphatic heterocycles. The van der Waals surface area contributed by atoms with E-state index in [2.05, 4.69) is 49.3 Å². The Bertz CT molecular complexity index is 386. The molecule has 0 spiro atoms. The van der Waals surface area contributed by atoms with E-state index in [0.29, 0.717) is 0 Å². The van der Waals surface area contributed by atoms with Gasteiger partial charge in [0.1, 0.15) is 0 Å². The smallest absolute Gasteiger partial charge is 0.0369 e. The Labute approximate surface area is 124 Å². The molecular formula is C18H30N2. The van der Waals surface area contributed by atoms with Crippen molar-refractivity contribution in [1.82, 2.24) is 5.32 Å².